The zero-order valence-corrected chi connectivity index (χ0v) is 10.8. The Morgan fingerprint density at radius 1 is 1.00 bits per heavy atom. The zero-order valence-electron chi connectivity index (χ0n) is 10.8. The molecule has 0 atom stereocenters. The van der Waals surface area contributed by atoms with Crippen molar-refractivity contribution >= 4 is 0 Å². The highest BCUT2D eigenvalue weighted by atomic mass is 16.5. The van der Waals surface area contributed by atoms with Gasteiger partial charge in [0.15, 0.2) is 0 Å². The molecule has 0 aliphatic carbocycles. The summed E-state index contributed by atoms with van der Waals surface area (Å²) in [6.07, 6.45) is 3.97. The van der Waals surface area contributed by atoms with Gasteiger partial charge < -0.3 is 9.64 Å². The van der Waals surface area contributed by atoms with E-state index in [0.29, 0.717) is 0 Å². The van der Waals surface area contributed by atoms with Crippen molar-refractivity contribution in [2.75, 3.05) is 33.4 Å². The third kappa shape index (κ3) is 14.4. The first-order chi connectivity index (χ1) is 6.81. The van der Waals surface area contributed by atoms with E-state index in [9.17, 15) is 0 Å². The largest absolute Gasteiger partial charge is 0.380 e. The maximum atomic E-state index is 5.27. The Balaban J connectivity index is 0. The Morgan fingerprint density at radius 2 is 1.64 bits per heavy atom. The fourth-order valence-corrected chi connectivity index (χ4v) is 1.11. The maximum Gasteiger partial charge on any atom is 0.0593 e. The van der Waals surface area contributed by atoms with Crippen LogP contribution in [0.2, 0.25) is 0 Å². The van der Waals surface area contributed by atoms with E-state index in [-0.39, 0.29) is 0 Å². The Kier molecular flexibility index (Phi) is 18.0. The normalized spacial score (nSPS) is 9.86. The van der Waals surface area contributed by atoms with E-state index in [1.807, 2.05) is 20.8 Å². The lowest BCUT2D eigenvalue weighted by Crippen LogP contribution is -2.24. The standard InChI is InChI=1S/C10H23NO.C2H6/c1-4-6-7-8-11(3)9-10-12-5-2;1-2/h4-10H2,1-3H3;1-2H3. The van der Waals surface area contributed by atoms with Crippen molar-refractivity contribution < 1.29 is 4.74 Å². The number of unbranched alkanes of at least 4 members (excludes halogenated alkanes) is 2. The van der Waals surface area contributed by atoms with E-state index in [1.54, 1.807) is 0 Å². The number of nitrogens with zero attached hydrogens (tertiary/aromatic N) is 1. The summed E-state index contributed by atoms with van der Waals surface area (Å²) in [4.78, 5) is 2.34. The van der Waals surface area contributed by atoms with Gasteiger partial charge in [-0.2, -0.15) is 0 Å². The summed E-state index contributed by atoms with van der Waals surface area (Å²) in [5.74, 6) is 0. The number of hydrogen-bond acceptors (Lipinski definition) is 2. The molecule has 0 N–H and O–H groups in total. The molecule has 0 aromatic heterocycles. The molecule has 88 valence electrons. The molecule has 0 fully saturated rings. The molecule has 0 amide bonds. The SMILES string of the molecule is CC.CCCCCN(C)CCOCC. The van der Waals surface area contributed by atoms with Crippen LogP contribution >= 0.6 is 0 Å². The minimum Gasteiger partial charge on any atom is -0.380 e. The molecular weight excluding hydrogens is 174 g/mol. The second kappa shape index (κ2) is 15.4. The summed E-state index contributed by atoms with van der Waals surface area (Å²) >= 11 is 0. The van der Waals surface area contributed by atoms with Crippen LogP contribution in [-0.4, -0.2) is 38.3 Å². The van der Waals surface area contributed by atoms with Gasteiger partial charge in [-0.3, -0.25) is 0 Å². The van der Waals surface area contributed by atoms with Crippen molar-refractivity contribution in [1.82, 2.24) is 4.90 Å². The van der Waals surface area contributed by atoms with Gasteiger partial charge in [0, 0.05) is 13.2 Å². The zero-order chi connectivity index (χ0) is 11.2. The van der Waals surface area contributed by atoms with Gasteiger partial charge in [-0.1, -0.05) is 33.6 Å². The summed E-state index contributed by atoms with van der Waals surface area (Å²) in [6, 6.07) is 0. The van der Waals surface area contributed by atoms with Crippen molar-refractivity contribution in [3.8, 4) is 0 Å². The fraction of sp³-hybridized carbons (Fsp3) is 1.00. The Bertz CT molecular complexity index is 76.4. The molecule has 0 radical (unpaired) electrons. The average molecular weight is 203 g/mol. The van der Waals surface area contributed by atoms with Crippen LogP contribution in [0, 0.1) is 0 Å². The van der Waals surface area contributed by atoms with Gasteiger partial charge in [-0.05, 0) is 26.9 Å². The first-order valence-corrected chi connectivity index (χ1v) is 6.07. The second-order valence-electron chi connectivity index (χ2n) is 3.21. The molecule has 0 saturated carbocycles. The second-order valence-corrected chi connectivity index (χ2v) is 3.21. The fourth-order valence-electron chi connectivity index (χ4n) is 1.11. The molecule has 2 nitrogen and oxygen atoms in total. The molecule has 0 aliphatic rings. The van der Waals surface area contributed by atoms with Gasteiger partial charge >= 0.3 is 0 Å². The minimum absolute atomic E-state index is 0.836. The topological polar surface area (TPSA) is 12.5 Å². The Morgan fingerprint density at radius 3 is 2.14 bits per heavy atom. The number of hydrogen-bond donors (Lipinski definition) is 0. The third-order valence-corrected chi connectivity index (χ3v) is 1.96. The first-order valence-electron chi connectivity index (χ1n) is 6.07. The molecule has 0 saturated heterocycles. The molecule has 0 bridgehead atoms. The average Bonchev–Trinajstić information content (AvgIpc) is 2.22. The monoisotopic (exact) mass is 203 g/mol. The Labute approximate surface area is 90.6 Å². The summed E-state index contributed by atoms with van der Waals surface area (Å²) in [6.45, 7) is 12.3. The number of likely N-dealkylation sites (N-methyl/N-ethyl adjacent to an activating group) is 1. The number of ether oxygens (including phenoxy) is 1. The van der Waals surface area contributed by atoms with E-state index < -0.39 is 0 Å². The van der Waals surface area contributed by atoms with E-state index in [1.165, 1.54) is 25.8 Å². The van der Waals surface area contributed by atoms with Gasteiger partial charge in [0.25, 0.3) is 0 Å². The Hall–Kier alpha value is -0.0800. The summed E-state index contributed by atoms with van der Waals surface area (Å²) in [5.41, 5.74) is 0. The molecule has 0 aromatic rings. The molecule has 0 aliphatic heterocycles. The van der Waals surface area contributed by atoms with Crippen LogP contribution in [0.15, 0.2) is 0 Å². The maximum absolute atomic E-state index is 5.27. The number of rotatable bonds is 8. The van der Waals surface area contributed by atoms with Gasteiger partial charge in [0.1, 0.15) is 0 Å². The van der Waals surface area contributed by atoms with Crippen LogP contribution in [0.4, 0.5) is 0 Å². The molecule has 0 aromatic carbocycles. The van der Waals surface area contributed by atoms with Crippen molar-refractivity contribution in [1.29, 1.82) is 0 Å². The van der Waals surface area contributed by atoms with Crippen molar-refractivity contribution in [2.24, 2.45) is 0 Å². The smallest absolute Gasteiger partial charge is 0.0593 e. The van der Waals surface area contributed by atoms with Crippen LogP contribution in [0.5, 0.6) is 0 Å². The van der Waals surface area contributed by atoms with Crippen molar-refractivity contribution in [3.63, 3.8) is 0 Å². The molecule has 14 heavy (non-hydrogen) atoms. The van der Waals surface area contributed by atoms with E-state index in [2.05, 4.69) is 18.9 Å². The molecule has 0 spiro atoms. The van der Waals surface area contributed by atoms with Crippen LogP contribution in [0.3, 0.4) is 0 Å². The third-order valence-electron chi connectivity index (χ3n) is 1.96. The van der Waals surface area contributed by atoms with Gasteiger partial charge in [0.2, 0.25) is 0 Å². The van der Waals surface area contributed by atoms with Crippen molar-refractivity contribution in [2.45, 2.75) is 47.0 Å². The quantitative estimate of drug-likeness (QED) is 0.562. The lowest BCUT2D eigenvalue weighted by atomic mass is 10.2. The first kappa shape index (κ1) is 16.4. The molecule has 0 unspecified atom stereocenters. The minimum atomic E-state index is 0.836. The summed E-state index contributed by atoms with van der Waals surface area (Å²) in [5, 5.41) is 0. The lowest BCUT2D eigenvalue weighted by Gasteiger charge is -2.15. The lowest BCUT2D eigenvalue weighted by molar-refractivity contribution is 0.121. The molecule has 0 heterocycles. The van der Waals surface area contributed by atoms with E-state index >= 15 is 0 Å². The van der Waals surface area contributed by atoms with Crippen molar-refractivity contribution in [3.05, 3.63) is 0 Å². The van der Waals surface area contributed by atoms with Crippen LogP contribution < -0.4 is 0 Å². The van der Waals surface area contributed by atoms with Crippen LogP contribution in [0.1, 0.15) is 47.0 Å². The summed E-state index contributed by atoms with van der Waals surface area (Å²) < 4.78 is 5.27. The highest BCUT2D eigenvalue weighted by Crippen LogP contribution is 1.95. The predicted molar refractivity (Wildman–Crippen MR) is 64.9 cm³/mol. The molecule has 0 rings (SSSR count). The highest BCUT2D eigenvalue weighted by molar-refractivity contribution is 4.50. The van der Waals surface area contributed by atoms with Gasteiger partial charge in [-0.15, -0.1) is 0 Å². The van der Waals surface area contributed by atoms with Crippen LogP contribution in [-0.2, 0) is 4.74 Å². The molecular formula is C12H29NO. The van der Waals surface area contributed by atoms with Gasteiger partial charge in [0.05, 0.1) is 6.61 Å². The van der Waals surface area contributed by atoms with E-state index in [4.69, 9.17) is 4.74 Å². The van der Waals surface area contributed by atoms with Gasteiger partial charge in [-0.25, -0.2) is 0 Å². The van der Waals surface area contributed by atoms with E-state index in [0.717, 1.165) is 19.8 Å². The predicted octanol–water partition coefficient (Wildman–Crippen LogP) is 3.17. The molecule has 2 heteroatoms. The van der Waals surface area contributed by atoms with Crippen LogP contribution in [0.25, 0.3) is 0 Å². The summed E-state index contributed by atoms with van der Waals surface area (Å²) in [7, 11) is 2.16. The highest BCUT2D eigenvalue weighted by Gasteiger charge is 1.96.